The van der Waals surface area contributed by atoms with Crippen LogP contribution in [-0.2, 0) is 4.74 Å². The smallest absolute Gasteiger partial charge is 0.146 e. The maximum absolute atomic E-state index is 14.3. The molecule has 1 saturated heterocycles. The standard InChI is InChI=1S/C15H23FN2O2/c1-10(17)11-4-5-14(13(16)6-11)18-7-12(8-19)20-15(2,3)9-18/h4-6,10,12,19H,7-9,17H2,1-3H3/t10-,12?/m1/s1. The first kappa shape index (κ1) is 15.2. The Hall–Kier alpha value is -1.17. The van der Waals surface area contributed by atoms with Gasteiger partial charge in [-0.1, -0.05) is 6.07 Å². The first-order chi connectivity index (χ1) is 9.32. The Bertz CT molecular complexity index is 477. The minimum atomic E-state index is -0.419. The van der Waals surface area contributed by atoms with E-state index in [4.69, 9.17) is 10.5 Å². The maximum Gasteiger partial charge on any atom is 0.146 e. The van der Waals surface area contributed by atoms with E-state index < -0.39 is 5.60 Å². The van der Waals surface area contributed by atoms with Crippen LogP contribution in [0.5, 0.6) is 0 Å². The summed E-state index contributed by atoms with van der Waals surface area (Å²) in [5.41, 5.74) is 6.65. The summed E-state index contributed by atoms with van der Waals surface area (Å²) in [4.78, 5) is 1.92. The summed E-state index contributed by atoms with van der Waals surface area (Å²) in [7, 11) is 0. The third kappa shape index (κ3) is 3.29. The van der Waals surface area contributed by atoms with Crippen molar-refractivity contribution < 1.29 is 14.2 Å². The van der Waals surface area contributed by atoms with Gasteiger partial charge < -0.3 is 20.5 Å². The highest BCUT2D eigenvalue weighted by Gasteiger charge is 2.34. The van der Waals surface area contributed by atoms with Gasteiger partial charge in [0.15, 0.2) is 0 Å². The Morgan fingerprint density at radius 1 is 1.55 bits per heavy atom. The van der Waals surface area contributed by atoms with E-state index in [1.54, 1.807) is 6.07 Å². The lowest BCUT2D eigenvalue weighted by Gasteiger charge is -2.43. The minimum Gasteiger partial charge on any atom is -0.394 e. The van der Waals surface area contributed by atoms with Crippen LogP contribution in [0.4, 0.5) is 10.1 Å². The van der Waals surface area contributed by atoms with Crippen LogP contribution in [0.2, 0.25) is 0 Å². The van der Waals surface area contributed by atoms with Crippen molar-refractivity contribution in [2.45, 2.75) is 38.5 Å². The molecule has 2 atom stereocenters. The molecule has 3 N–H and O–H groups in total. The summed E-state index contributed by atoms with van der Waals surface area (Å²) in [6.45, 7) is 6.70. The second kappa shape index (κ2) is 5.68. The molecule has 1 aromatic carbocycles. The Morgan fingerprint density at radius 2 is 2.25 bits per heavy atom. The molecule has 1 unspecified atom stereocenters. The molecular weight excluding hydrogens is 259 g/mol. The Morgan fingerprint density at radius 3 is 2.80 bits per heavy atom. The van der Waals surface area contributed by atoms with Gasteiger partial charge in [-0.05, 0) is 38.5 Å². The quantitative estimate of drug-likeness (QED) is 0.888. The summed E-state index contributed by atoms with van der Waals surface area (Å²) in [5, 5.41) is 9.31. The van der Waals surface area contributed by atoms with Crippen LogP contribution >= 0.6 is 0 Å². The van der Waals surface area contributed by atoms with E-state index in [-0.39, 0.29) is 24.6 Å². The number of aliphatic hydroxyl groups excluding tert-OH is 1. The highest BCUT2D eigenvalue weighted by molar-refractivity contribution is 5.50. The van der Waals surface area contributed by atoms with Gasteiger partial charge in [0.25, 0.3) is 0 Å². The average Bonchev–Trinajstić information content (AvgIpc) is 2.36. The molecule has 112 valence electrons. The van der Waals surface area contributed by atoms with Gasteiger partial charge in [0.1, 0.15) is 5.82 Å². The van der Waals surface area contributed by atoms with Crippen molar-refractivity contribution >= 4 is 5.69 Å². The molecule has 1 heterocycles. The SMILES string of the molecule is C[C@@H](N)c1ccc(N2CC(CO)OC(C)(C)C2)c(F)c1. The molecule has 0 radical (unpaired) electrons. The van der Waals surface area contributed by atoms with Crippen LogP contribution in [0.1, 0.15) is 32.4 Å². The van der Waals surface area contributed by atoms with E-state index in [0.717, 1.165) is 5.56 Å². The van der Waals surface area contributed by atoms with Crippen molar-refractivity contribution in [2.24, 2.45) is 5.73 Å². The van der Waals surface area contributed by atoms with E-state index in [2.05, 4.69) is 0 Å². The van der Waals surface area contributed by atoms with Gasteiger partial charge in [0.2, 0.25) is 0 Å². The number of rotatable bonds is 3. The number of nitrogens with zero attached hydrogens (tertiary/aromatic N) is 1. The number of aliphatic hydroxyl groups is 1. The number of hydrogen-bond acceptors (Lipinski definition) is 4. The predicted molar refractivity (Wildman–Crippen MR) is 77.3 cm³/mol. The highest BCUT2D eigenvalue weighted by atomic mass is 19.1. The van der Waals surface area contributed by atoms with E-state index in [9.17, 15) is 9.50 Å². The van der Waals surface area contributed by atoms with Gasteiger partial charge in [-0.2, -0.15) is 0 Å². The molecular formula is C15H23FN2O2. The van der Waals surface area contributed by atoms with Crippen molar-refractivity contribution in [1.29, 1.82) is 0 Å². The Balaban J connectivity index is 2.26. The first-order valence-corrected chi connectivity index (χ1v) is 6.91. The summed E-state index contributed by atoms with van der Waals surface area (Å²) >= 11 is 0. The van der Waals surface area contributed by atoms with Crippen LogP contribution in [0.3, 0.4) is 0 Å². The summed E-state index contributed by atoms with van der Waals surface area (Å²) in [5.74, 6) is -0.283. The minimum absolute atomic E-state index is 0.0700. The molecule has 1 aliphatic rings. The maximum atomic E-state index is 14.3. The Kier molecular flexibility index (Phi) is 4.32. The van der Waals surface area contributed by atoms with Gasteiger partial charge in [-0.3, -0.25) is 0 Å². The molecule has 2 rings (SSSR count). The zero-order chi connectivity index (χ0) is 14.9. The van der Waals surface area contributed by atoms with Gasteiger partial charge in [-0.15, -0.1) is 0 Å². The van der Waals surface area contributed by atoms with E-state index >= 15 is 0 Å². The van der Waals surface area contributed by atoms with E-state index in [1.807, 2.05) is 31.7 Å². The average molecular weight is 282 g/mol. The van der Waals surface area contributed by atoms with Crippen LogP contribution in [0, 0.1) is 5.82 Å². The number of ether oxygens (including phenoxy) is 1. The summed E-state index contributed by atoms with van der Waals surface area (Å²) in [6.07, 6.45) is -0.300. The Labute approximate surface area is 119 Å². The monoisotopic (exact) mass is 282 g/mol. The van der Waals surface area contributed by atoms with Gasteiger partial charge >= 0.3 is 0 Å². The molecule has 5 heteroatoms. The van der Waals surface area contributed by atoms with Crippen LogP contribution in [0.25, 0.3) is 0 Å². The van der Waals surface area contributed by atoms with E-state index in [0.29, 0.717) is 18.8 Å². The van der Waals surface area contributed by atoms with Gasteiger partial charge in [0.05, 0.1) is 24.0 Å². The fourth-order valence-corrected chi connectivity index (χ4v) is 2.64. The zero-order valence-electron chi connectivity index (χ0n) is 12.3. The first-order valence-electron chi connectivity index (χ1n) is 6.91. The third-order valence-electron chi connectivity index (χ3n) is 3.52. The van der Waals surface area contributed by atoms with E-state index in [1.165, 1.54) is 6.07 Å². The van der Waals surface area contributed by atoms with Crippen LogP contribution in [0.15, 0.2) is 18.2 Å². The van der Waals surface area contributed by atoms with Crippen LogP contribution in [-0.4, -0.2) is 36.5 Å². The summed E-state index contributed by atoms with van der Waals surface area (Å²) < 4.78 is 20.0. The second-order valence-corrected chi connectivity index (χ2v) is 6.06. The van der Waals surface area contributed by atoms with Gasteiger partial charge in [0, 0.05) is 19.1 Å². The predicted octanol–water partition coefficient (Wildman–Crippen LogP) is 1.82. The van der Waals surface area contributed by atoms with Crippen molar-refractivity contribution in [3.05, 3.63) is 29.6 Å². The number of morpholine rings is 1. The second-order valence-electron chi connectivity index (χ2n) is 6.06. The number of nitrogens with two attached hydrogens (primary N) is 1. The van der Waals surface area contributed by atoms with Gasteiger partial charge in [-0.25, -0.2) is 4.39 Å². The largest absolute Gasteiger partial charge is 0.394 e. The number of anilines is 1. The molecule has 0 amide bonds. The summed E-state index contributed by atoms with van der Waals surface area (Å²) in [6, 6.07) is 4.89. The zero-order valence-corrected chi connectivity index (χ0v) is 12.3. The molecule has 1 aromatic rings. The van der Waals surface area contributed by atoms with Crippen molar-refractivity contribution in [1.82, 2.24) is 0 Å². The molecule has 1 aliphatic heterocycles. The molecule has 1 fully saturated rings. The van der Waals surface area contributed by atoms with Crippen molar-refractivity contribution in [2.75, 3.05) is 24.6 Å². The third-order valence-corrected chi connectivity index (χ3v) is 3.52. The fourth-order valence-electron chi connectivity index (χ4n) is 2.64. The fraction of sp³-hybridized carbons (Fsp3) is 0.600. The molecule has 4 nitrogen and oxygen atoms in total. The molecule has 0 aliphatic carbocycles. The molecule has 0 bridgehead atoms. The normalized spacial score (nSPS) is 23.7. The molecule has 0 saturated carbocycles. The van der Waals surface area contributed by atoms with Crippen LogP contribution < -0.4 is 10.6 Å². The van der Waals surface area contributed by atoms with Crippen molar-refractivity contribution in [3.63, 3.8) is 0 Å². The molecule has 0 spiro atoms. The number of halogens is 1. The number of hydrogen-bond donors (Lipinski definition) is 2. The topological polar surface area (TPSA) is 58.7 Å². The lowest BCUT2D eigenvalue weighted by atomic mass is 10.0. The molecule has 0 aromatic heterocycles. The lowest BCUT2D eigenvalue weighted by molar-refractivity contribution is -0.101. The lowest BCUT2D eigenvalue weighted by Crippen LogP contribution is -2.54. The highest BCUT2D eigenvalue weighted by Crippen LogP contribution is 2.29. The molecule has 20 heavy (non-hydrogen) atoms. The number of benzene rings is 1. The van der Waals surface area contributed by atoms with Crippen molar-refractivity contribution in [3.8, 4) is 0 Å².